The third-order valence-electron chi connectivity index (χ3n) is 3.81. The molecule has 1 aliphatic rings. The van der Waals surface area contributed by atoms with Crippen LogP contribution in [0.1, 0.15) is 35.7 Å². The van der Waals surface area contributed by atoms with E-state index in [-0.39, 0.29) is 23.9 Å². The molecule has 1 saturated carbocycles. The number of halogens is 2. The maximum Gasteiger partial charge on any atom is 0.252 e. The van der Waals surface area contributed by atoms with Crippen molar-refractivity contribution in [3.05, 3.63) is 33.8 Å². The maximum absolute atomic E-state index is 12.3. The predicted molar refractivity (Wildman–Crippen MR) is 83.8 cm³/mol. The highest BCUT2D eigenvalue weighted by Crippen LogP contribution is 2.39. The minimum Gasteiger partial charge on any atom is -0.345 e. The van der Waals surface area contributed by atoms with Crippen LogP contribution in [0.25, 0.3) is 0 Å². The van der Waals surface area contributed by atoms with Crippen LogP contribution < -0.4 is 11.1 Å². The van der Waals surface area contributed by atoms with Gasteiger partial charge in [0.25, 0.3) is 5.91 Å². The van der Waals surface area contributed by atoms with E-state index in [1.807, 2.05) is 32.0 Å². The number of nitrogens with two attached hydrogens (primary N) is 1. The minimum absolute atomic E-state index is 0. The molecule has 19 heavy (non-hydrogen) atoms. The average Bonchev–Trinajstić information content (AvgIpc) is 3.16. The summed E-state index contributed by atoms with van der Waals surface area (Å²) in [7, 11) is 0. The quantitative estimate of drug-likeness (QED) is 0.879. The van der Waals surface area contributed by atoms with E-state index in [1.165, 1.54) is 0 Å². The zero-order valence-electron chi connectivity index (χ0n) is 11.2. The van der Waals surface area contributed by atoms with Crippen LogP contribution >= 0.6 is 28.3 Å². The van der Waals surface area contributed by atoms with Crippen molar-refractivity contribution in [1.29, 1.82) is 0 Å². The van der Waals surface area contributed by atoms with Crippen LogP contribution in [0.4, 0.5) is 0 Å². The van der Waals surface area contributed by atoms with E-state index in [2.05, 4.69) is 21.2 Å². The fourth-order valence-corrected chi connectivity index (χ4v) is 2.59. The van der Waals surface area contributed by atoms with Crippen molar-refractivity contribution in [2.24, 2.45) is 11.7 Å². The van der Waals surface area contributed by atoms with Gasteiger partial charge in [-0.2, -0.15) is 0 Å². The van der Waals surface area contributed by atoms with Gasteiger partial charge >= 0.3 is 0 Å². The first-order valence-electron chi connectivity index (χ1n) is 6.25. The van der Waals surface area contributed by atoms with Crippen molar-refractivity contribution in [3.8, 4) is 0 Å². The number of carbonyl (C=O) groups is 1. The second-order valence-corrected chi connectivity index (χ2v) is 6.12. The Hall–Kier alpha value is -0.580. The van der Waals surface area contributed by atoms with E-state index < -0.39 is 0 Å². The van der Waals surface area contributed by atoms with E-state index in [4.69, 9.17) is 5.73 Å². The van der Waals surface area contributed by atoms with Crippen LogP contribution in [0.2, 0.25) is 0 Å². The summed E-state index contributed by atoms with van der Waals surface area (Å²) >= 11 is 3.45. The fraction of sp³-hybridized carbons (Fsp3) is 0.500. The summed E-state index contributed by atoms with van der Waals surface area (Å²) < 4.78 is 0.955. The minimum atomic E-state index is -0.272. The van der Waals surface area contributed by atoms with Gasteiger partial charge in [-0.3, -0.25) is 4.79 Å². The van der Waals surface area contributed by atoms with Crippen LogP contribution in [0, 0.1) is 12.8 Å². The van der Waals surface area contributed by atoms with Gasteiger partial charge in [0, 0.05) is 16.6 Å². The highest BCUT2D eigenvalue weighted by Gasteiger charge is 2.41. The molecule has 3 nitrogen and oxygen atoms in total. The monoisotopic (exact) mass is 346 g/mol. The number of carbonyl (C=O) groups excluding carboxylic acids is 1. The first kappa shape index (κ1) is 16.5. The van der Waals surface area contributed by atoms with Gasteiger partial charge in [-0.15, -0.1) is 12.4 Å². The molecule has 0 heterocycles. The Bertz CT molecular complexity index is 477. The Labute approximate surface area is 128 Å². The number of rotatable bonds is 4. The Morgan fingerprint density at radius 1 is 1.53 bits per heavy atom. The van der Waals surface area contributed by atoms with Crippen LogP contribution in [0.5, 0.6) is 0 Å². The molecule has 0 radical (unpaired) electrons. The molecule has 1 aliphatic carbocycles. The molecule has 0 bridgehead atoms. The smallest absolute Gasteiger partial charge is 0.252 e. The lowest BCUT2D eigenvalue weighted by atomic mass is 9.95. The molecule has 1 unspecified atom stereocenters. The largest absolute Gasteiger partial charge is 0.345 e. The Morgan fingerprint density at radius 2 is 2.16 bits per heavy atom. The molecule has 0 saturated heterocycles. The molecule has 1 fully saturated rings. The Balaban J connectivity index is 0.00000180. The van der Waals surface area contributed by atoms with E-state index in [0.717, 1.165) is 22.9 Å². The summed E-state index contributed by atoms with van der Waals surface area (Å²) in [6.45, 7) is 4.46. The first-order valence-corrected chi connectivity index (χ1v) is 7.05. The van der Waals surface area contributed by atoms with Gasteiger partial charge in [0.15, 0.2) is 0 Å². The van der Waals surface area contributed by atoms with Gasteiger partial charge in [0.05, 0.1) is 5.54 Å². The summed E-state index contributed by atoms with van der Waals surface area (Å²) in [5, 5.41) is 3.10. The molecule has 1 atom stereocenters. The van der Waals surface area contributed by atoms with Crippen molar-refractivity contribution in [2.45, 2.75) is 32.2 Å². The number of hydrogen-bond donors (Lipinski definition) is 2. The van der Waals surface area contributed by atoms with Crippen molar-refractivity contribution >= 4 is 34.2 Å². The molecule has 0 spiro atoms. The zero-order valence-corrected chi connectivity index (χ0v) is 13.6. The lowest BCUT2D eigenvalue weighted by Gasteiger charge is -2.29. The van der Waals surface area contributed by atoms with Crippen LogP contribution in [-0.2, 0) is 0 Å². The van der Waals surface area contributed by atoms with E-state index in [1.54, 1.807) is 0 Å². The molecule has 1 aromatic rings. The third-order valence-corrected chi connectivity index (χ3v) is 4.67. The van der Waals surface area contributed by atoms with Crippen LogP contribution in [-0.4, -0.2) is 18.0 Å². The summed E-state index contributed by atoms with van der Waals surface area (Å²) in [6, 6.07) is 5.66. The standard InChI is InChI=1S/C14H19BrN2O.ClH/c1-9-11(4-3-5-12(9)15)13(18)17-14(2,8-16)10-6-7-10;/h3-5,10H,6-8,16H2,1-2H3,(H,17,18);1H. The SMILES string of the molecule is Cc1c(Br)cccc1C(=O)NC(C)(CN)C1CC1.Cl. The molecule has 106 valence electrons. The predicted octanol–water partition coefficient (Wildman–Crippen LogP) is 3.04. The van der Waals surface area contributed by atoms with Gasteiger partial charge in [-0.25, -0.2) is 0 Å². The summed E-state index contributed by atoms with van der Waals surface area (Å²) in [6.07, 6.45) is 2.32. The molecular weight excluding hydrogens is 328 g/mol. The number of nitrogens with one attached hydrogen (secondary N) is 1. The van der Waals surface area contributed by atoms with Gasteiger partial charge in [-0.05, 0) is 50.3 Å². The Kier molecular flexibility index (Phi) is 5.42. The van der Waals surface area contributed by atoms with Gasteiger partial charge in [0.1, 0.15) is 0 Å². The highest BCUT2D eigenvalue weighted by molar-refractivity contribution is 9.10. The second kappa shape index (κ2) is 6.25. The lowest BCUT2D eigenvalue weighted by molar-refractivity contribution is 0.0897. The van der Waals surface area contributed by atoms with Gasteiger partial charge in [-0.1, -0.05) is 22.0 Å². The molecule has 0 aromatic heterocycles. The van der Waals surface area contributed by atoms with Crippen molar-refractivity contribution in [2.75, 3.05) is 6.54 Å². The number of amides is 1. The molecule has 0 aliphatic heterocycles. The van der Waals surface area contributed by atoms with Crippen molar-refractivity contribution in [1.82, 2.24) is 5.32 Å². The summed E-state index contributed by atoms with van der Waals surface area (Å²) in [5.41, 5.74) is 7.22. The Morgan fingerprint density at radius 3 is 2.68 bits per heavy atom. The van der Waals surface area contributed by atoms with E-state index in [9.17, 15) is 4.79 Å². The third kappa shape index (κ3) is 3.50. The van der Waals surface area contributed by atoms with Gasteiger partial charge in [0.2, 0.25) is 0 Å². The number of hydrogen-bond acceptors (Lipinski definition) is 2. The van der Waals surface area contributed by atoms with Crippen LogP contribution in [0.3, 0.4) is 0 Å². The van der Waals surface area contributed by atoms with Crippen molar-refractivity contribution < 1.29 is 4.79 Å². The summed E-state index contributed by atoms with van der Waals surface area (Å²) in [4.78, 5) is 12.3. The fourth-order valence-electron chi connectivity index (χ4n) is 2.22. The van der Waals surface area contributed by atoms with Gasteiger partial charge < -0.3 is 11.1 Å². The number of benzene rings is 1. The lowest BCUT2D eigenvalue weighted by Crippen LogP contribution is -2.53. The topological polar surface area (TPSA) is 55.1 Å². The molecule has 5 heteroatoms. The van der Waals surface area contributed by atoms with E-state index in [0.29, 0.717) is 18.0 Å². The average molecular weight is 348 g/mol. The second-order valence-electron chi connectivity index (χ2n) is 5.26. The molecular formula is C14H20BrClN2O. The zero-order chi connectivity index (χ0) is 13.3. The normalized spacial score (nSPS) is 17.3. The van der Waals surface area contributed by atoms with Crippen molar-refractivity contribution in [3.63, 3.8) is 0 Å². The van der Waals surface area contributed by atoms with E-state index >= 15 is 0 Å². The molecule has 1 aromatic carbocycles. The molecule has 1 amide bonds. The summed E-state index contributed by atoms with van der Waals surface area (Å²) in [5.74, 6) is 0.493. The first-order chi connectivity index (χ1) is 8.48. The van der Waals surface area contributed by atoms with Crippen LogP contribution in [0.15, 0.2) is 22.7 Å². The molecule has 2 rings (SSSR count). The molecule has 3 N–H and O–H groups in total. The maximum atomic E-state index is 12.3. The highest BCUT2D eigenvalue weighted by atomic mass is 79.9.